The molecular weight excluding hydrogens is 308 g/mol. The Labute approximate surface area is 146 Å². The largest absolute Gasteiger partial charge is 0.394 e. The van der Waals surface area contributed by atoms with Crippen LogP contribution in [0.1, 0.15) is 64.7 Å². The molecule has 1 fully saturated rings. The Balaban J connectivity index is 2.00. The van der Waals surface area contributed by atoms with Gasteiger partial charge in [0, 0.05) is 0 Å². The topological polar surface area (TPSA) is 79.2 Å². The molecular formula is C19H36O5. The molecule has 1 heterocycles. The Morgan fingerprint density at radius 3 is 2.33 bits per heavy atom. The standard InChI is InChI=1S/C19H36O5/c1-2-3-4-5-6-7-8-9-10-11-12-13-23-17(14-20)19-18(22)16(21)15-24-19/h10-11,16-22H,2-9,12-15H2,1H3/b11-10+/t16-,17+,18+,19+/m1/s1. The molecule has 1 saturated heterocycles. The lowest BCUT2D eigenvalue weighted by molar-refractivity contribution is -0.0996. The Kier molecular flexibility index (Phi) is 12.4. The number of hydrogen-bond acceptors (Lipinski definition) is 5. The Morgan fingerprint density at radius 2 is 1.71 bits per heavy atom. The van der Waals surface area contributed by atoms with Crippen LogP contribution in [-0.4, -0.2) is 59.6 Å². The van der Waals surface area contributed by atoms with Gasteiger partial charge in [-0.15, -0.1) is 0 Å². The van der Waals surface area contributed by atoms with Gasteiger partial charge < -0.3 is 24.8 Å². The number of unbranched alkanes of at least 4 members (excludes halogenated alkanes) is 7. The van der Waals surface area contributed by atoms with Crippen LogP contribution in [0.25, 0.3) is 0 Å². The van der Waals surface area contributed by atoms with E-state index in [0.717, 1.165) is 12.8 Å². The highest BCUT2D eigenvalue weighted by Gasteiger charge is 2.40. The zero-order valence-electron chi connectivity index (χ0n) is 15.1. The first-order chi connectivity index (χ1) is 11.7. The summed E-state index contributed by atoms with van der Waals surface area (Å²) in [6.45, 7) is 2.57. The van der Waals surface area contributed by atoms with Crippen molar-refractivity contribution in [3.8, 4) is 0 Å². The summed E-state index contributed by atoms with van der Waals surface area (Å²) in [6.07, 6.45) is 12.3. The molecule has 142 valence electrons. The number of ether oxygens (including phenoxy) is 2. The van der Waals surface area contributed by atoms with Crippen molar-refractivity contribution >= 4 is 0 Å². The molecule has 0 spiro atoms. The fraction of sp³-hybridized carbons (Fsp3) is 0.895. The van der Waals surface area contributed by atoms with E-state index < -0.39 is 24.4 Å². The lowest BCUT2D eigenvalue weighted by atomic mass is 10.1. The van der Waals surface area contributed by atoms with Gasteiger partial charge in [-0.2, -0.15) is 0 Å². The van der Waals surface area contributed by atoms with Crippen molar-refractivity contribution in [2.75, 3.05) is 19.8 Å². The van der Waals surface area contributed by atoms with Crippen molar-refractivity contribution in [1.29, 1.82) is 0 Å². The predicted octanol–water partition coefficient (Wildman–Crippen LogP) is 2.57. The number of allylic oxidation sites excluding steroid dienone is 1. The molecule has 24 heavy (non-hydrogen) atoms. The van der Waals surface area contributed by atoms with Crippen molar-refractivity contribution in [3.63, 3.8) is 0 Å². The smallest absolute Gasteiger partial charge is 0.114 e. The maximum Gasteiger partial charge on any atom is 0.114 e. The highest BCUT2D eigenvalue weighted by Crippen LogP contribution is 2.19. The maximum absolute atomic E-state index is 9.77. The van der Waals surface area contributed by atoms with E-state index >= 15 is 0 Å². The van der Waals surface area contributed by atoms with E-state index in [0.29, 0.717) is 6.61 Å². The van der Waals surface area contributed by atoms with Gasteiger partial charge in [-0.25, -0.2) is 0 Å². The van der Waals surface area contributed by atoms with E-state index in [1.165, 1.54) is 44.9 Å². The van der Waals surface area contributed by atoms with Crippen LogP contribution in [-0.2, 0) is 9.47 Å². The van der Waals surface area contributed by atoms with Gasteiger partial charge in [-0.3, -0.25) is 0 Å². The van der Waals surface area contributed by atoms with Gasteiger partial charge in [-0.1, -0.05) is 57.6 Å². The van der Waals surface area contributed by atoms with Crippen LogP contribution in [0, 0.1) is 0 Å². The zero-order valence-corrected chi connectivity index (χ0v) is 15.1. The van der Waals surface area contributed by atoms with Gasteiger partial charge in [0.1, 0.15) is 24.4 Å². The molecule has 5 heteroatoms. The molecule has 1 aliphatic heterocycles. The molecule has 4 atom stereocenters. The Hall–Kier alpha value is -0.460. The second-order valence-electron chi connectivity index (χ2n) is 6.62. The summed E-state index contributed by atoms with van der Waals surface area (Å²) in [5.74, 6) is 0. The fourth-order valence-corrected chi connectivity index (χ4v) is 2.95. The Bertz CT molecular complexity index is 321. The minimum absolute atomic E-state index is 0.0873. The quantitative estimate of drug-likeness (QED) is 0.333. The molecule has 0 aromatic heterocycles. The highest BCUT2D eigenvalue weighted by molar-refractivity contribution is 4.89. The maximum atomic E-state index is 9.77. The molecule has 0 saturated carbocycles. The number of aliphatic hydroxyl groups excluding tert-OH is 3. The van der Waals surface area contributed by atoms with Gasteiger partial charge in [-0.05, 0) is 19.3 Å². The summed E-state index contributed by atoms with van der Waals surface area (Å²) in [4.78, 5) is 0. The summed E-state index contributed by atoms with van der Waals surface area (Å²) in [5.41, 5.74) is 0. The van der Waals surface area contributed by atoms with Crippen molar-refractivity contribution in [1.82, 2.24) is 0 Å². The second-order valence-corrected chi connectivity index (χ2v) is 6.62. The number of hydrogen-bond donors (Lipinski definition) is 3. The summed E-state index contributed by atoms with van der Waals surface area (Å²) >= 11 is 0. The normalized spacial score (nSPS) is 25.6. The molecule has 0 radical (unpaired) electrons. The SMILES string of the molecule is CCCCCCCCC/C=C/CCO[C@@H](CO)[C@@H]1OC[C@@H](O)[C@@H]1O. The number of rotatable bonds is 14. The summed E-state index contributed by atoms with van der Waals surface area (Å²) in [7, 11) is 0. The van der Waals surface area contributed by atoms with Crippen LogP contribution in [0.5, 0.6) is 0 Å². The van der Waals surface area contributed by atoms with Crippen molar-refractivity contribution in [3.05, 3.63) is 12.2 Å². The van der Waals surface area contributed by atoms with Crippen LogP contribution in [0.3, 0.4) is 0 Å². The molecule has 1 aliphatic rings. The minimum Gasteiger partial charge on any atom is -0.394 e. The monoisotopic (exact) mass is 344 g/mol. The first kappa shape index (κ1) is 21.6. The molecule has 1 rings (SSSR count). The van der Waals surface area contributed by atoms with Crippen molar-refractivity contribution < 1.29 is 24.8 Å². The van der Waals surface area contributed by atoms with Crippen molar-refractivity contribution in [2.24, 2.45) is 0 Å². The number of aliphatic hydroxyl groups is 3. The highest BCUT2D eigenvalue weighted by atomic mass is 16.6. The fourth-order valence-electron chi connectivity index (χ4n) is 2.95. The van der Waals surface area contributed by atoms with Crippen LogP contribution in [0.2, 0.25) is 0 Å². The molecule has 5 nitrogen and oxygen atoms in total. The third kappa shape index (κ3) is 8.58. The van der Waals surface area contributed by atoms with E-state index in [1.807, 2.05) is 0 Å². The van der Waals surface area contributed by atoms with E-state index in [2.05, 4.69) is 19.1 Å². The van der Waals surface area contributed by atoms with Crippen LogP contribution >= 0.6 is 0 Å². The second kappa shape index (κ2) is 13.8. The van der Waals surface area contributed by atoms with Gasteiger partial charge in [0.15, 0.2) is 0 Å². The predicted molar refractivity (Wildman–Crippen MR) is 94.9 cm³/mol. The molecule has 0 aliphatic carbocycles. The third-order valence-electron chi connectivity index (χ3n) is 4.49. The van der Waals surface area contributed by atoms with Gasteiger partial charge in [0.2, 0.25) is 0 Å². The zero-order chi connectivity index (χ0) is 17.6. The summed E-state index contributed by atoms with van der Waals surface area (Å²) in [6, 6.07) is 0. The van der Waals surface area contributed by atoms with E-state index in [4.69, 9.17) is 9.47 Å². The first-order valence-electron chi connectivity index (χ1n) is 9.55. The van der Waals surface area contributed by atoms with Crippen LogP contribution in [0.15, 0.2) is 12.2 Å². The van der Waals surface area contributed by atoms with Crippen LogP contribution in [0.4, 0.5) is 0 Å². The van der Waals surface area contributed by atoms with Crippen molar-refractivity contribution in [2.45, 2.75) is 89.1 Å². The van der Waals surface area contributed by atoms with E-state index in [-0.39, 0.29) is 13.2 Å². The summed E-state index contributed by atoms with van der Waals surface area (Å²) in [5, 5.41) is 28.6. The third-order valence-corrected chi connectivity index (χ3v) is 4.49. The van der Waals surface area contributed by atoms with Gasteiger partial charge in [0.05, 0.1) is 19.8 Å². The average molecular weight is 344 g/mol. The molecule has 0 amide bonds. The van der Waals surface area contributed by atoms with Gasteiger partial charge in [0.25, 0.3) is 0 Å². The Morgan fingerprint density at radius 1 is 1.04 bits per heavy atom. The lowest BCUT2D eigenvalue weighted by Crippen LogP contribution is -2.42. The first-order valence-corrected chi connectivity index (χ1v) is 9.55. The van der Waals surface area contributed by atoms with E-state index in [1.54, 1.807) is 0 Å². The molecule has 0 aromatic carbocycles. The molecule has 0 aromatic rings. The minimum atomic E-state index is -0.991. The molecule has 0 unspecified atom stereocenters. The summed E-state index contributed by atoms with van der Waals surface area (Å²) < 4.78 is 10.9. The van der Waals surface area contributed by atoms with Gasteiger partial charge >= 0.3 is 0 Å². The van der Waals surface area contributed by atoms with E-state index in [9.17, 15) is 15.3 Å². The lowest BCUT2D eigenvalue weighted by Gasteiger charge is -2.24. The van der Waals surface area contributed by atoms with Crippen LogP contribution < -0.4 is 0 Å². The average Bonchev–Trinajstić information content (AvgIpc) is 2.92. The molecule has 3 N–H and O–H groups in total. The molecule has 0 bridgehead atoms.